The number of ether oxygens (including phenoxy) is 1. The summed E-state index contributed by atoms with van der Waals surface area (Å²) in [6.45, 7) is 4.42. The van der Waals surface area contributed by atoms with E-state index in [1.54, 1.807) is 0 Å². The van der Waals surface area contributed by atoms with Crippen molar-refractivity contribution in [3.63, 3.8) is 0 Å². The van der Waals surface area contributed by atoms with Crippen molar-refractivity contribution in [1.29, 1.82) is 0 Å². The van der Waals surface area contributed by atoms with Crippen LogP contribution < -0.4 is 4.90 Å². The van der Waals surface area contributed by atoms with Gasteiger partial charge in [-0.05, 0) is 30.4 Å². The van der Waals surface area contributed by atoms with Crippen LogP contribution in [0.3, 0.4) is 0 Å². The van der Waals surface area contributed by atoms with E-state index in [1.165, 1.54) is 22.3 Å². The van der Waals surface area contributed by atoms with Crippen molar-refractivity contribution >= 4 is 33.2 Å². The highest BCUT2D eigenvalue weighted by molar-refractivity contribution is 7.17. The van der Waals surface area contributed by atoms with Gasteiger partial charge in [0, 0.05) is 56.2 Å². The molecule has 1 saturated heterocycles. The minimum Gasteiger partial charge on any atom is -0.361 e. The second-order valence-corrected chi connectivity index (χ2v) is 9.81. The summed E-state index contributed by atoms with van der Waals surface area (Å²) in [6.07, 6.45) is 0.653. The van der Waals surface area contributed by atoms with Gasteiger partial charge in [0.15, 0.2) is 10.8 Å². The molecule has 0 radical (unpaired) electrons. The van der Waals surface area contributed by atoms with Crippen molar-refractivity contribution in [3.8, 4) is 0 Å². The molecule has 35 heavy (non-hydrogen) atoms. The number of carbonyl (C=O) groups excluding carboxylic acids is 1. The predicted molar refractivity (Wildman–Crippen MR) is 130 cm³/mol. The lowest BCUT2D eigenvalue weighted by molar-refractivity contribution is -0.325. The highest BCUT2D eigenvalue weighted by Crippen LogP contribution is 2.28. The monoisotopic (exact) mass is 509 g/mol. The van der Waals surface area contributed by atoms with Crippen molar-refractivity contribution in [2.24, 2.45) is 5.92 Å². The van der Waals surface area contributed by atoms with Gasteiger partial charge in [-0.1, -0.05) is 42.9 Å². The summed E-state index contributed by atoms with van der Waals surface area (Å²) in [6, 6.07) is 8.19. The number of halogens is 3. The van der Waals surface area contributed by atoms with Crippen LogP contribution in [0.15, 0.2) is 30.5 Å². The number of nitrogens with zero attached hydrogens (tertiary/aromatic N) is 4. The number of H-pyrrole nitrogens is 1. The zero-order valence-electron chi connectivity index (χ0n) is 19.7. The highest BCUT2D eigenvalue weighted by Gasteiger charge is 2.29. The molecule has 3 aromatic rings. The van der Waals surface area contributed by atoms with Crippen LogP contribution in [0.1, 0.15) is 41.6 Å². The quantitative estimate of drug-likeness (QED) is 0.370. The van der Waals surface area contributed by atoms with Crippen LogP contribution >= 0.6 is 11.3 Å². The molecule has 0 aliphatic carbocycles. The molecule has 1 N–H and O–H groups in total. The molecule has 1 aromatic carbocycles. The van der Waals surface area contributed by atoms with Gasteiger partial charge >= 0.3 is 6.36 Å². The largest absolute Gasteiger partial charge is 0.522 e. The topological polar surface area (TPSA) is 74.3 Å². The molecule has 1 atom stereocenters. The maximum Gasteiger partial charge on any atom is 0.522 e. The predicted octanol–water partition coefficient (Wildman–Crippen LogP) is 4.91. The van der Waals surface area contributed by atoms with E-state index in [2.05, 4.69) is 39.0 Å². The summed E-state index contributed by atoms with van der Waals surface area (Å²) in [5.74, 6) is 0.233. The zero-order chi connectivity index (χ0) is 24.8. The summed E-state index contributed by atoms with van der Waals surface area (Å²) in [5, 5.41) is 10.7. The second-order valence-electron chi connectivity index (χ2n) is 8.86. The molecule has 0 spiro atoms. The van der Waals surface area contributed by atoms with Crippen LogP contribution in [0.25, 0.3) is 10.9 Å². The third kappa shape index (κ3) is 7.02. The molecule has 0 amide bonds. The van der Waals surface area contributed by atoms with E-state index in [0.717, 1.165) is 24.8 Å². The van der Waals surface area contributed by atoms with Gasteiger partial charge in [0.2, 0.25) is 5.13 Å². The normalized spacial score (nSPS) is 16.2. The zero-order valence-corrected chi connectivity index (χ0v) is 20.5. The van der Waals surface area contributed by atoms with Crippen LogP contribution in [-0.2, 0) is 11.2 Å². The van der Waals surface area contributed by atoms with E-state index < -0.39 is 6.36 Å². The summed E-state index contributed by atoms with van der Waals surface area (Å²) >= 11 is 1.30. The minimum absolute atomic E-state index is 0.00924. The fourth-order valence-electron chi connectivity index (χ4n) is 4.55. The van der Waals surface area contributed by atoms with Gasteiger partial charge in [0.25, 0.3) is 0 Å². The van der Waals surface area contributed by atoms with Gasteiger partial charge in [0.05, 0.1) is 6.61 Å². The molecule has 190 valence electrons. The van der Waals surface area contributed by atoms with Crippen molar-refractivity contribution < 1.29 is 22.7 Å². The van der Waals surface area contributed by atoms with Gasteiger partial charge in [-0.3, -0.25) is 14.4 Å². The lowest BCUT2D eigenvalue weighted by atomic mass is 9.90. The standard InChI is InChI=1S/C24H30F3N5O2S/c1-2-5-17(14-18-16-28-20-7-4-3-6-19(18)20)15-21(33)22-29-30-23(35-22)32-10-8-31(9-11-32)12-13-34-24(25,26)27/h3-4,6-7,16-17,28H,2,5,8-15H2,1H3. The number of para-hydroxylation sites is 1. The molecule has 7 nitrogen and oxygen atoms in total. The number of benzene rings is 1. The molecule has 1 aliphatic rings. The number of piperazine rings is 1. The number of Topliss-reactive ketones (excluding diaryl/α,β-unsaturated/α-hetero) is 1. The number of aromatic amines is 1. The first kappa shape index (κ1) is 25.6. The Morgan fingerprint density at radius 1 is 1.20 bits per heavy atom. The molecule has 2 aromatic heterocycles. The first-order valence-electron chi connectivity index (χ1n) is 11.9. The number of alkyl halides is 3. The van der Waals surface area contributed by atoms with E-state index in [4.69, 9.17) is 0 Å². The summed E-state index contributed by atoms with van der Waals surface area (Å²) < 4.78 is 40.3. The third-order valence-corrected chi connectivity index (χ3v) is 7.35. The Morgan fingerprint density at radius 2 is 1.97 bits per heavy atom. The van der Waals surface area contributed by atoms with Gasteiger partial charge in [-0.2, -0.15) is 0 Å². The molecule has 1 aliphatic heterocycles. The van der Waals surface area contributed by atoms with Gasteiger partial charge < -0.3 is 9.88 Å². The molecule has 0 saturated carbocycles. The fraction of sp³-hybridized carbons (Fsp3) is 0.542. The third-order valence-electron chi connectivity index (χ3n) is 6.32. The number of anilines is 1. The number of hydrogen-bond donors (Lipinski definition) is 1. The van der Waals surface area contributed by atoms with Gasteiger partial charge in [-0.15, -0.1) is 23.4 Å². The smallest absolute Gasteiger partial charge is 0.361 e. The van der Waals surface area contributed by atoms with Crippen molar-refractivity contribution in [2.45, 2.75) is 39.0 Å². The Bertz CT molecular complexity index is 1110. The van der Waals surface area contributed by atoms with E-state index in [9.17, 15) is 18.0 Å². The van der Waals surface area contributed by atoms with E-state index in [-0.39, 0.29) is 24.9 Å². The number of nitrogens with one attached hydrogen (secondary N) is 1. The molecule has 11 heteroatoms. The average molecular weight is 510 g/mol. The van der Waals surface area contributed by atoms with Crippen LogP contribution in [0.5, 0.6) is 0 Å². The van der Waals surface area contributed by atoms with Gasteiger partial charge in [0.1, 0.15) is 0 Å². The molecular formula is C24H30F3N5O2S. The van der Waals surface area contributed by atoms with E-state index in [0.29, 0.717) is 42.7 Å². The van der Waals surface area contributed by atoms with Crippen molar-refractivity contribution in [2.75, 3.05) is 44.2 Å². The number of rotatable bonds is 11. The first-order chi connectivity index (χ1) is 16.8. The van der Waals surface area contributed by atoms with Crippen LogP contribution in [-0.4, -0.2) is 71.6 Å². The SMILES string of the molecule is CCCC(CC(=O)c1nnc(N2CCN(CCOC(F)(F)F)CC2)s1)Cc1c[nH]c2ccccc12. The van der Waals surface area contributed by atoms with Crippen molar-refractivity contribution in [1.82, 2.24) is 20.1 Å². The van der Waals surface area contributed by atoms with Gasteiger partial charge in [-0.25, -0.2) is 0 Å². The molecule has 1 unspecified atom stereocenters. The summed E-state index contributed by atoms with van der Waals surface area (Å²) in [7, 11) is 0. The Hall–Kier alpha value is -2.50. The fourth-order valence-corrected chi connectivity index (χ4v) is 5.40. The van der Waals surface area contributed by atoms with Crippen LogP contribution in [0.2, 0.25) is 0 Å². The summed E-state index contributed by atoms with van der Waals surface area (Å²) in [4.78, 5) is 20.3. The maximum atomic E-state index is 13.0. The molecule has 0 bridgehead atoms. The number of carbonyl (C=O) groups is 1. The number of aromatic nitrogens is 3. The highest BCUT2D eigenvalue weighted by atomic mass is 32.1. The Morgan fingerprint density at radius 3 is 2.71 bits per heavy atom. The van der Waals surface area contributed by atoms with E-state index in [1.807, 2.05) is 28.1 Å². The summed E-state index contributed by atoms with van der Waals surface area (Å²) in [5.41, 5.74) is 2.33. The maximum absolute atomic E-state index is 13.0. The molecule has 3 heterocycles. The van der Waals surface area contributed by atoms with Crippen LogP contribution in [0.4, 0.5) is 18.3 Å². The molecular weight excluding hydrogens is 479 g/mol. The van der Waals surface area contributed by atoms with E-state index >= 15 is 0 Å². The Labute approximate surface area is 206 Å². The number of fused-ring (bicyclic) bond motifs is 1. The number of ketones is 1. The Kier molecular flexibility index (Phi) is 8.40. The first-order valence-corrected chi connectivity index (χ1v) is 12.7. The Balaban J connectivity index is 1.30. The van der Waals surface area contributed by atoms with Crippen LogP contribution in [0, 0.1) is 5.92 Å². The number of hydrogen-bond acceptors (Lipinski definition) is 7. The lowest BCUT2D eigenvalue weighted by Crippen LogP contribution is -2.47. The van der Waals surface area contributed by atoms with Crippen molar-refractivity contribution in [3.05, 3.63) is 41.0 Å². The molecule has 4 rings (SSSR count). The average Bonchev–Trinajstić information content (AvgIpc) is 3.47. The lowest BCUT2D eigenvalue weighted by Gasteiger charge is -2.34. The minimum atomic E-state index is -4.59. The molecule has 1 fully saturated rings. The second kappa shape index (κ2) is 11.5.